The van der Waals surface area contributed by atoms with E-state index in [1.54, 1.807) is 21.5 Å². The molecule has 2 bridgehead atoms. The number of nitrogens with zero attached hydrogens (tertiary/aromatic N) is 4. The summed E-state index contributed by atoms with van der Waals surface area (Å²) >= 11 is 0. The average molecular weight is 378 g/mol. The van der Waals surface area contributed by atoms with E-state index in [-0.39, 0.29) is 16.8 Å². The highest BCUT2D eigenvalue weighted by molar-refractivity contribution is 5.43. The summed E-state index contributed by atoms with van der Waals surface area (Å²) in [6.45, 7) is 20.1. The summed E-state index contributed by atoms with van der Waals surface area (Å²) in [6.07, 6.45) is 2.49. The van der Waals surface area contributed by atoms with E-state index in [9.17, 15) is 9.59 Å². The first-order valence-electron chi connectivity index (χ1n) is 9.57. The van der Waals surface area contributed by atoms with Crippen molar-refractivity contribution in [1.82, 2.24) is 13.9 Å². The van der Waals surface area contributed by atoms with E-state index in [1.165, 1.54) is 4.57 Å². The number of aromatic nitrogens is 3. The van der Waals surface area contributed by atoms with Crippen LogP contribution in [0, 0.1) is 17.4 Å². The molecule has 0 saturated carbocycles. The molecule has 0 amide bonds. The van der Waals surface area contributed by atoms with Crippen molar-refractivity contribution < 1.29 is 0 Å². The molecule has 0 spiro atoms. The first-order chi connectivity index (χ1) is 12.9. The molecule has 2 heterocycles. The van der Waals surface area contributed by atoms with E-state index in [1.807, 2.05) is 45.0 Å². The summed E-state index contributed by atoms with van der Waals surface area (Å²) in [6, 6.07) is 9.00. The number of fused-ring (bicyclic) bond motifs is 5. The normalized spacial score (nSPS) is 26.1. The molecule has 0 radical (unpaired) electrons. The lowest BCUT2D eigenvalue weighted by molar-refractivity contribution is 0.129. The van der Waals surface area contributed by atoms with Crippen molar-refractivity contribution >= 4 is 0 Å². The minimum Gasteiger partial charge on any atom is -0.246 e. The Morgan fingerprint density at radius 2 is 1.50 bits per heavy atom. The molecule has 2 unspecified atom stereocenters. The maximum atomic E-state index is 13.6. The summed E-state index contributed by atoms with van der Waals surface area (Å²) in [5.41, 5.74) is -1.98. The van der Waals surface area contributed by atoms with Crippen LogP contribution in [0.3, 0.4) is 0 Å². The number of benzene rings is 1. The van der Waals surface area contributed by atoms with Gasteiger partial charge in [-0.1, -0.05) is 65.8 Å². The fraction of sp³-hybridized carbons (Fsp3) is 0.500. The van der Waals surface area contributed by atoms with Crippen LogP contribution >= 0.6 is 0 Å². The fourth-order valence-electron chi connectivity index (χ4n) is 5.01. The topological polar surface area (TPSA) is 53.3 Å². The molecule has 146 valence electrons. The zero-order valence-electron chi connectivity index (χ0n) is 17.3. The van der Waals surface area contributed by atoms with Gasteiger partial charge in [0, 0.05) is 0 Å². The van der Waals surface area contributed by atoms with Crippen LogP contribution in [0.15, 0.2) is 51.7 Å². The van der Waals surface area contributed by atoms with Crippen LogP contribution in [0.5, 0.6) is 0 Å². The van der Waals surface area contributed by atoms with Gasteiger partial charge in [0.1, 0.15) is 5.54 Å². The molecule has 1 aromatic carbocycles. The molecule has 2 aromatic rings. The number of rotatable bonds is 1. The van der Waals surface area contributed by atoms with Crippen LogP contribution in [0.2, 0.25) is 0 Å². The highest BCUT2D eigenvalue weighted by atomic mass is 16.2. The Balaban J connectivity index is 2.20. The largest absolute Gasteiger partial charge is 0.352 e. The second-order valence-corrected chi connectivity index (χ2v) is 9.96. The molecule has 6 heteroatoms. The highest BCUT2D eigenvalue weighted by Gasteiger charge is 2.68. The predicted octanol–water partition coefficient (Wildman–Crippen LogP) is 3.50. The van der Waals surface area contributed by atoms with E-state index in [2.05, 4.69) is 25.6 Å². The minimum absolute atomic E-state index is 0.350. The highest BCUT2D eigenvalue weighted by Crippen LogP contribution is 2.63. The Morgan fingerprint density at radius 1 is 0.929 bits per heavy atom. The molecule has 4 rings (SSSR count). The number of hydrogen-bond donors (Lipinski definition) is 0. The third kappa shape index (κ3) is 1.87. The van der Waals surface area contributed by atoms with Gasteiger partial charge in [0.15, 0.2) is 5.70 Å². The Bertz CT molecular complexity index is 1160. The molecule has 1 aliphatic heterocycles. The van der Waals surface area contributed by atoms with E-state index >= 15 is 0 Å². The summed E-state index contributed by atoms with van der Waals surface area (Å²) in [5, 5.41) is 0. The molecule has 0 fully saturated rings. The van der Waals surface area contributed by atoms with Crippen molar-refractivity contribution in [2.75, 3.05) is 0 Å². The van der Waals surface area contributed by atoms with Crippen molar-refractivity contribution in [3.63, 3.8) is 0 Å². The van der Waals surface area contributed by atoms with Crippen LogP contribution in [-0.2, 0) is 11.1 Å². The lowest BCUT2D eigenvalue weighted by Crippen LogP contribution is -2.50. The molecule has 1 aromatic heterocycles. The Labute approximate surface area is 164 Å². The SMILES string of the molecule is [C-]#[N+]C1=CC2(C(C)(C)C)CC1(C(C)(C)C)n1c(=O)n(-c3ccccc3)c(=O)n12. The van der Waals surface area contributed by atoms with E-state index < -0.39 is 16.5 Å². The van der Waals surface area contributed by atoms with Gasteiger partial charge in [-0.25, -0.2) is 28.4 Å². The third-order valence-corrected chi connectivity index (χ3v) is 6.68. The maximum absolute atomic E-state index is 13.6. The van der Waals surface area contributed by atoms with Gasteiger partial charge in [-0.3, -0.25) is 0 Å². The molecule has 28 heavy (non-hydrogen) atoms. The average Bonchev–Trinajstić information content (AvgIpc) is 3.21. The zero-order valence-corrected chi connectivity index (χ0v) is 17.3. The van der Waals surface area contributed by atoms with E-state index in [4.69, 9.17) is 6.57 Å². The Kier molecular flexibility index (Phi) is 3.42. The van der Waals surface area contributed by atoms with E-state index in [0.717, 1.165) is 0 Å². The van der Waals surface area contributed by atoms with Gasteiger partial charge in [0.2, 0.25) is 0 Å². The molecule has 1 aliphatic carbocycles. The minimum atomic E-state index is -0.849. The molecular weight excluding hydrogens is 352 g/mol. The predicted molar refractivity (Wildman–Crippen MR) is 108 cm³/mol. The maximum Gasteiger partial charge on any atom is 0.352 e. The Hall–Kier alpha value is -2.81. The standard InChI is InChI=1S/C22H26N4O2/c1-19(2,3)21-13-16(23-7)22(14-21,20(4,5)6)26-18(28)24(17(27)25(21)26)15-11-9-8-10-12-15/h8-13H,14H2,1-6H3. The smallest absolute Gasteiger partial charge is 0.246 e. The van der Waals surface area contributed by atoms with Crippen LogP contribution in [0.25, 0.3) is 10.5 Å². The third-order valence-electron chi connectivity index (χ3n) is 6.68. The quantitative estimate of drug-likeness (QED) is 0.713. The van der Waals surface area contributed by atoms with Crippen molar-refractivity contribution in [1.29, 1.82) is 0 Å². The van der Waals surface area contributed by atoms with Crippen molar-refractivity contribution in [2.45, 2.75) is 59.0 Å². The van der Waals surface area contributed by atoms with Crippen molar-refractivity contribution in [3.05, 3.63) is 74.5 Å². The van der Waals surface area contributed by atoms with Gasteiger partial charge in [0.25, 0.3) is 0 Å². The lowest BCUT2D eigenvalue weighted by Gasteiger charge is -2.40. The first-order valence-corrected chi connectivity index (χ1v) is 9.57. The van der Waals surface area contributed by atoms with Crippen LogP contribution in [-0.4, -0.2) is 13.9 Å². The monoisotopic (exact) mass is 378 g/mol. The lowest BCUT2D eigenvalue weighted by atomic mass is 9.67. The first kappa shape index (κ1) is 18.5. The van der Waals surface area contributed by atoms with Crippen LogP contribution in [0.1, 0.15) is 48.0 Å². The summed E-state index contributed by atoms with van der Waals surface area (Å²) in [5.74, 6) is 0. The van der Waals surface area contributed by atoms with Crippen molar-refractivity contribution in [2.24, 2.45) is 10.8 Å². The van der Waals surface area contributed by atoms with Gasteiger partial charge in [-0.05, 0) is 29.4 Å². The molecule has 2 atom stereocenters. The molecule has 0 N–H and O–H groups in total. The molecule has 6 nitrogen and oxygen atoms in total. The zero-order chi connectivity index (χ0) is 20.7. The molecule has 2 aliphatic rings. The molecule has 0 saturated heterocycles. The molecular formula is C22H26N4O2. The van der Waals surface area contributed by atoms with Crippen LogP contribution < -0.4 is 11.4 Å². The van der Waals surface area contributed by atoms with Gasteiger partial charge < -0.3 is 0 Å². The second kappa shape index (κ2) is 5.16. The van der Waals surface area contributed by atoms with Gasteiger partial charge >= 0.3 is 11.4 Å². The number of para-hydroxylation sites is 1. The number of allylic oxidation sites excluding steroid dienone is 2. The second-order valence-electron chi connectivity index (χ2n) is 9.96. The van der Waals surface area contributed by atoms with Gasteiger partial charge in [-0.15, -0.1) is 0 Å². The summed E-state index contributed by atoms with van der Waals surface area (Å²) in [4.78, 5) is 31.1. The summed E-state index contributed by atoms with van der Waals surface area (Å²) in [7, 11) is 0. The van der Waals surface area contributed by atoms with Gasteiger partial charge in [-0.2, -0.15) is 0 Å². The van der Waals surface area contributed by atoms with Crippen molar-refractivity contribution in [3.8, 4) is 5.69 Å². The fourth-order valence-corrected chi connectivity index (χ4v) is 5.01. The Morgan fingerprint density at radius 3 is 2.00 bits per heavy atom. The van der Waals surface area contributed by atoms with E-state index in [0.29, 0.717) is 17.8 Å². The van der Waals surface area contributed by atoms with Crippen LogP contribution in [0.4, 0.5) is 0 Å². The van der Waals surface area contributed by atoms with Gasteiger partial charge in [0.05, 0.1) is 17.8 Å². The number of hydrogen-bond acceptors (Lipinski definition) is 2. The summed E-state index contributed by atoms with van der Waals surface area (Å²) < 4.78 is 4.45.